The normalized spacial score (nSPS) is 11.7. The van der Waals surface area contributed by atoms with Gasteiger partial charge in [0.15, 0.2) is 0 Å². The van der Waals surface area contributed by atoms with Gasteiger partial charge in [0.1, 0.15) is 0 Å². The smallest absolute Gasteiger partial charge is 0.0422 e. The van der Waals surface area contributed by atoms with Gasteiger partial charge in [-0.1, -0.05) is 36.4 Å². The summed E-state index contributed by atoms with van der Waals surface area (Å²) in [5.74, 6) is 0. The van der Waals surface area contributed by atoms with Crippen LogP contribution in [0.3, 0.4) is 0 Å². The number of aryl methyl sites for hydroxylation is 2. The lowest BCUT2D eigenvalue weighted by atomic mass is 10.00. The molecule has 3 aromatic rings. The number of benzene rings is 3. The van der Waals surface area contributed by atoms with Gasteiger partial charge in [0.25, 0.3) is 0 Å². The van der Waals surface area contributed by atoms with Crippen LogP contribution in [-0.4, -0.2) is 5.54 Å². The number of nitrogens with zero attached hydrogens (tertiary/aromatic N) is 1. The Labute approximate surface area is 139 Å². The van der Waals surface area contributed by atoms with Crippen molar-refractivity contribution in [3.8, 4) is 0 Å². The van der Waals surface area contributed by atoms with Crippen molar-refractivity contribution in [1.82, 2.24) is 0 Å². The Bertz CT molecular complexity index is 820. The minimum absolute atomic E-state index is 0.00267. The van der Waals surface area contributed by atoms with E-state index in [0.29, 0.717) is 0 Å². The lowest BCUT2D eigenvalue weighted by Gasteiger charge is -2.38. The Morgan fingerprint density at radius 1 is 0.652 bits per heavy atom. The first-order valence-corrected chi connectivity index (χ1v) is 8.22. The van der Waals surface area contributed by atoms with E-state index >= 15 is 0 Å². The fourth-order valence-corrected chi connectivity index (χ4v) is 3.32. The van der Waals surface area contributed by atoms with Gasteiger partial charge in [-0.25, -0.2) is 0 Å². The summed E-state index contributed by atoms with van der Waals surface area (Å²) in [6, 6.07) is 22.0. The molecule has 0 N–H and O–H groups in total. The minimum Gasteiger partial charge on any atom is -0.336 e. The molecule has 118 valence electrons. The number of anilines is 2. The van der Waals surface area contributed by atoms with Crippen LogP contribution in [0.5, 0.6) is 0 Å². The number of hydrogen-bond donors (Lipinski definition) is 0. The second-order valence-electron chi connectivity index (χ2n) is 7.38. The van der Waals surface area contributed by atoms with Gasteiger partial charge in [0.05, 0.1) is 0 Å². The zero-order chi connectivity index (χ0) is 16.6. The monoisotopic (exact) mass is 303 g/mol. The maximum atomic E-state index is 2.43. The SMILES string of the molecule is Cc1cc(C)cc(N(c2ccc3ccccc3c2)C(C)(C)C)c1. The van der Waals surface area contributed by atoms with Crippen LogP contribution in [0.2, 0.25) is 0 Å². The molecule has 23 heavy (non-hydrogen) atoms. The summed E-state index contributed by atoms with van der Waals surface area (Å²) in [7, 11) is 0. The van der Waals surface area contributed by atoms with E-state index in [4.69, 9.17) is 0 Å². The molecule has 0 fully saturated rings. The standard InChI is InChI=1S/C22H25N/c1-16-12-17(2)14-21(13-16)23(22(3,4)5)20-11-10-18-8-6-7-9-19(18)15-20/h6-15H,1-5H3. The molecular formula is C22H25N. The quantitative estimate of drug-likeness (QED) is 0.530. The molecule has 3 aromatic carbocycles. The highest BCUT2D eigenvalue weighted by atomic mass is 15.2. The maximum Gasteiger partial charge on any atom is 0.0422 e. The molecule has 0 atom stereocenters. The van der Waals surface area contributed by atoms with E-state index in [0.717, 1.165) is 0 Å². The van der Waals surface area contributed by atoms with E-state index in [1.54, 1.807) is 0 Å². The van der Waals surface area contributed by atoms with Crippen LogP contribution in [0.4, 0.5) is 11.4 Å². The molecular weight excluding hydrogens is 278 g/mol. The summed E-state index contributed by atoms with van der Waals surface area (Å²) in [5.41, 5.74) is 5.10. The average Bonchev–Trinajstić information content (AvgIpc) is 2.45. The van der Waals surface area contributed by atoms with Crippen molar-refractivity contribution in [1.29, 1.82) is 0 Å². The largest absolute Gasteiger partial charge is 0.336 e. The third kappa shape index (κ3) is 3.24. The van der Waals surface area contributed by atoms with E-state index in [2.05, 4.69) is 100 Å². The first-order valence-electron chi connectivity index (χ1n) is 8.22. The number of hydrogen-bond acceptors (Lipinski definition) is 1. The summed E-state index contributed by atoms with van der Waals surface area (Å²) < 4.78 is 0. The van der Waals surface area contributed by atoms with E-state index in [1.807, 2.05) is 0 Å². The van der Waals surface area contributed by atoms with Crippen LogP contribution in [0.15, 0.2) is 60.7 Å². The third-order valence-corrected chi connectivity index (χ3v) is 4.13. The van der Waals surface area contributed by atoms with Crippen LogP contribution < -0.4 is 4.90 Å². The van der Waals surface area contributed by atoms with Crippen LogP contribution in [0.1, 0.15) is 31.9 Å². The lowest BCUT2D eigenvalue weighted by Crippen LogP contribution is -2.37. The molecule has 0 unspecified atom stereocenters. The van der Waals surface area contributed by atoms with Crippen molar-refractivity contribution in [2.24, 2.45) is 0 Å². The predicted octanol–water partition coefficient (Wildman–Crippen LogP) is 6.39. The molecule has 0 saturated carbocycles. The van der Waals surface area contributed by atoms with Gasteiger partial charge in [-0.3, -0.25) is 0 Å². The van der Waals surface area contributed by atoms with Gasteiger partial charge in [-0.2, -0.15) is 0 Å². The number of fused-ring (bicyclic) bond motifs is 1. The second-order valence-corrected chi connectivity index (χ2v) is 7.38. The molecule has 0 saturated heterocycles. The summed E-state index contributed by atoms with van der Waals surface area (Å²) in [5, 5.41) is 2.56. The van der Waals surface area contributed by atoms with Gasteiger partial charge in [0.2, 0.25) is 0 Å². The molecule has 0 radical (unpaired) electrons. The van der Waals surface area contributed by atoms with Crippen LogP contribution in [0, 0.1) is 13.8 Å². The highest BCUT2D eigenvalue weighted by molar-refractivity contribution is 5.87. The van der Waals surface area contributed by atoms with Gasteiger partial charge in [-0.05, 0) is 80.8 Å². The Hall–Kier alpha value is -2.28. The topological polar surface area (TPSA) is 3.24 Å². The van der Waals surface area contributed by atoms with Crippen molar-refractivity contribution in [3.05, 3.63) is 71.8 Å². The molecule has 0 aromatic heterocycles. The molecule has 0 aliphatic rings. The van der Waals surface area contributed by atoms with E-state index in [1.165, 1.54) is 33.3 Å². The second kappa shape index (κ2) is 5.73. The molecule has 3 rings (SSSR count). The maximum absolute atomic E-state index is 2.43. The predicted molar refractivity (Wildman–Crippen MR) is 102 cm³/mol. The van der Waals surface area contributed by atoms with Crippen molar-refractivity contribution >= 4 is 22.1 Å². The fraction of sp³-hybridized carbons (Fsp3) is 0.273. The van der Waals surface area contributed by atoms with E-state index in [9.17, 15) is 0 Å². The van der Waals surface area contributed by atoms with Crippen molar-refractivity contribution in [2.45, 2.75) is 40.2 Å². The number of rotatable bonds is 2. The molecule has 0 bridgehead atoms. The molecule has 0 amide bonds. The Balaban J connectivity index is 2.18. The minimum atomic E-state index is 0.00267. The van der Waals surface area contributed by atoms with Crippen molar-refractivity contribution in [3.63, 3.8) is 0 Å². The van der Waals surface area contributed by atoms with Crippen LogP contribution >= 0.6 is 0 Å². The first kappa shape index (κ1) is 15.6. The van der Waals surface area contributed by atoms with Crippen LogP contribution in [-0.2, 0) is 0 Å². The Morgan fingerprint density at radius 2 is 1.26 bits per heavy atom. The first-order chi connectivity index (χ1) is 10.8. The fourth-order valence-electron chi connectivity index (χ4n) is 3.32. The highest BCUT2D eigenvalue weighted by Gasteiger charge is 2.24. The molecule has 1 nitrogen and oxygen atoms in total. The van der Waals surface area contributed by atoms with E-state index < -0.39 is 0 Å². The highest BCUT2D eigenvalue weighted by Crippen LogP contribution is 2.35. The molecule has 0 heterocycles. The Kier molecular flexibility index (Phi) is 3.89. The molecule has 0 aliphatic heterocycles. The van der Waals surface area contributed by atoms with Crippen molar-refractivity contribution in [2.75, 3.05) is 4.90 Å². The van der Waals surface area contributed by atoms with Crippen molar-refractivity contribution < 1.29 is 0 Å². The Morgan fingerprint density at radius 3 is 1.87 bits per heavy atom. The van der Waals surface area contributed by atoms with Gasteiger partial charge >= 0.3 is 0 Å². The average molecular weight is 303 g/mol. The zero-order valence-corrected chi connectivity index (χ0v) is 14.7. The molecule has 1 heteroatoms. The summed E-state index contributed by atoms with van der Waals surface area (Å²) >= 11 is 0. The van der Waals surface area contributed by atoms with Crippen LogP contribution in [0.25, 0.3) is 10.8 Å². The third-order valence-electron chi connectivity index (χ3n) is 4.13. The van der Waals surface area contributed by atoms with Gasteiger partial charge in [-0.15, -0.1) is 0 Å². The lowest BCUT2D eigenvalue weighted by molar-refractivity contribution is 0.560. The molecule has 0 aliphatic carbocycles. The van der Waals surface area contributed by atoms with Gasteiger partial charge in [0, 0.05) is 16.9 Å². The zero-order valence-electron chi connectivity index (χ0n) is 14.7. The molecule has 0 spiro atoms. The summed E-state index contributed by atoms with van der Waals surface area (Å²) in [6.07, 6.45) is 0. The van der Waals surface area contributed by atoms with E-state index in [-0.39, 0.29) is 5.54 Å². The summed E-state index contributed by atoms with van der Waals surface area (Å²) in [6.45, 7) is 11.1. The van der Waals surface area contributed by atoms with Gasteiger partial charge < -0.3 is 4.90 Å². The summed E-state index contributed by atoms with van der Waals surface area (Å²) in [4.78, 5) is 2.43.